The van der Waals surface area contributed by atoms with Gasteiger partial charge in [0.2, 0.25) is 0 Å². The van der Waals surface area contributed by atoms with Crippen LogP contribution in [0.4, 0.5) is 4.39 Å². The van der Waals surface area contributed by atoms with E-state index >= 15 is 0 Å². The minimum Gasteiger partial charge on any atom is -0.468 e. The first-order valence-electron chi connectivity index (χ1n) is 4.35. The molecule has 1 atom stereocenters. The first-order chi connectivity index (χ1) is 7.04. The summed E-state index contributed by atoms with van der Waals surface area (Å²) in [6, 6.07) is 5.17. The first-order valence-corrected chi connectivity index (χ1v) is 4.35. The minimum atomic E-state index is -1.37. The van der Waals surface area contributed by atoms with Crippen molar-refractivity contribution < 1.29 is 18.7 Å². The molecule has 1 aromatic rings. The topological polar surface area (TPSA) is 43.4 Å². The third-order valence-electron chi connectivity index (χ3n) is 2.29. The number of carbonyl (C=O) groups is 2. The summed E-state index contributed by atoms with van der Waals surface area (Å²) in [5, 5.41) is 0. The average Bonchev–Trinajstić information content (AvgIpc) is 2.27. The third-order valence-corrected chi connectivity index (χ3v) is 2.29. The molecule has 0 fully saturated rings. The van der Waals surface area contributed by atoms with Crippen LogP contribution in [0.15, 0.2) is 24.3 Å². The largest absolute Gasteiger partial charge is 0.468 e. The molecular weight excluding hydrogens is 199 g/mol. The second-order valence-electron chi connectivity index (χ2n) is 3.32. The van der Waals surface area contributed by atoms with Gasteiger partial charge in [-0.15, -0.1) is 0 Å². The number of rotatable bonds is 3. The zero-order valence-corrected chi connectivity index (χ0v) is 8.49. The SMILES string of the molecule is COC(=O)C(C)(C=O)c1ccc(F)cc1. The molecule has 0 aromatic heterocycles. The van der Waals surface area contributed by atoms with Crippen LogP contribution >= 0.6 is 0 Å². The van der Waals surface area contributed by atoms with E-state index in [0.29, 0.717) is 11.8 Å². The van der Waals surface area contributed by atoms with Gasteiger partial charge in [0, 0.05) is 0 Å². The van der Waals surface area contributed by atoms with Crippen LogP contribution in [0.25, 0.3) is 0 Å². The van der Waals surface area contributed by atoms with E-state index in [1.54, 1.807) is 0 Å². The highest BCUT2D eigenvalue weighted by atomic mass is 19.1. The Morgan fingerprint density at radius 3 is 2.33 bits per heavy atom. The molecule has 0 saturated carbocycles. The number of ether oxygens (including phenoxy) is 1. The van der Waals surface area contributed by atoms with Crippen molar-refractivity contribution in [3.63, 3.8) is 0 Å². The molecule has 0 aliphatic rings. The number of carbonyl (C=O) groups excluding carboxylic acids is 2. The van der Waals surface area contributed by atoms with Gasteiger partial charge in [-0.05, 0) is 24.6 Å². The molecule has 0 bridgehead atoms. The Labute approximate surface area is 86.9 Å². The average molecular weight is 210 g/mol. The lowest BCUT2D eigenvalue weighted by Crippen LogP contribution is -2.35. The Hall–Kier alpha value is -1.71. The van der Waals surface area contributed by atoms with Crippen LogP contribution in [-0.4, -0.2) is 19.4 Å². The summed E-state index contributed by atoms with van der Waals surface area (Å²) < 4.78 is 17.2. The summed E-state index contributed by atoms with van der Waals surface area (Å²) in [6.45, 7) is 1.43. The number of esters is 1. The van der Waals surface area contributed by atoms with Crippen molar-refractivity contribution in [2.75, 3.05) is 7.11 Å². The van der Waals surface area contributed by atoms with Gasteiger partial charge in [0.1, 0.15) is 17.5 Å². The highest BCUT2D eigenvalue weighted by molar-refractivity contribution is 5.99. The first kappa shape index (κ1) is 11.4. The van der Waals surface area contributed by atoms with Crippen molar-refractivity contribution >= 4 is 12.3 Å². The third kappa shape index (κ3) is 2.03. The second kappa shape index (κ2) is 4.21. The molecule has 80 valence electrons. The molecule has 0 aliphatic heterocycles. The number of benzene rings is 1. The van der Waals surface area contributed by atoms with E-state index < -0.39 is 17.2 Å². The van der Waals surface area contributed by atoms with Crippen LogP contribution in [0.3, 0.4) is 0 Å². The lowest BCUT2D eigenvalue weighted by molar-refractivity contribution is -0.148. The predicted octanol–water partition coefficient (Wildman–Crippen LogP) is 1.46. The molecule has 1 rings (SSSR count). The van der Waals surface area contributed by atoms with Gasteiger partial charge in [-0.2, -0.15) is 0 Å². The van der Waals surface area contributed by atoms with E-state index in [-0.39, 0.29) is 0 Å². The summed E-state index contributed by atoms with van der Waals surface area (Å²) >= 11 is 0. The van der Waals surface area contributed by atoms with Gasteiger partial charge in [-0.3, -0.25) is 4.79 Å². The molecule has 1 unspecified atom stereocenters. The van der Waals surface area contributed by atoms with Crippen LogP contribution in [0.1, 0.15) is 12.5 Å². The number of hydrogen-bond donors (Lipinski definition) is 0. The van der Waals surface area contributed by atoms with Crippen LogP contribution in [0.2, 0.25) is 0 Å². The number of methoxy groups -OCH3 is 1. The predicted molar refractivity (Wildman–Crippen MR) is 51.8 cm³/mol. The maximum atomic E-state index is 12.7. The fourth-order valence-electron chi connectivity index (χ4n) is 1.24. The summed E-state index contributed by atoms with van der Waals surface area (Å²) in [6.07, 6.45) is 0.492. The summed E-state index contributed by atoms with van der Waals surface area (Å²) in [7, 11) is 1.20. The van der Waals surface area contributed by atoms with Gasteiger partial charge >= 0.3 is 5.97 Å². The van der Waals surface area contributed by atoms with Crippen molar-refractivity contribution in [1.82, 2.24) is 0 Å². The fourth-order valence-corrected chi connectivity index (χ4v) is 1.24. The maximum Gasteiger partial charge on any atom is 0.323 e. The molecule has 0 saturated heterocycles. The summed E-state index contributed by atoms with van der Waals surface area (Å²) in [5.41, 5.74) is -0.964. The molecule has 15 heavy (non-hydrogen) atoms. The summed E-state index contributed by atoms with van der Waals surface area (Å²) in [5.74, 6) is -1.08. The zero-order chi connectivity index (χ0) is 11.5. The Morgan fingerprint density at radius 2 is 1.93 bits per heavy atom. The molecule has 1 aromatic carbocycles. The lowest BCUT2D eigenvalue weighted by Gasteiger charge is -2.20. The highest BCUT2D eigenvalue weighted by Gasteiger charge is 2.36. The van der Waals surface area contributed by atoms with Crippen LogP contribution in [0, 0.1) is 5.82 Å². The quantitative estimate of drug-likeness (QED) is 0.431. The van der Waals surface area contributed by atoms with Gasteiger partial charge in [-0.25, -0.2) is 4.39 Å². The maximum absolute atomic E-state index is 12.7. The smallest absolute Gasteiger partial charge is 0.323 e. The molecule has 0 aliphatic carbocycles. The molecule has 0 heterocycles. The zero-order valence-electron chi connectivity index (χ0n) is 8.49. The van der Waals surface area contributed by atoms with Gasteiger partial charge in [0.15, 0.2) is 0 Å². The summed E-state index contributed by atoms with van der Waals surface area (Å²) in [4.78, 5) is 22.3. The van der Waals surface area contributed by atoms with E-state index in [2.05, 4.69) is 4.74 Å². The van der Waals surface area contributed by atoms with E-state index in [1.807, 2.05) is 0 Å². The molecule has 4 heteroatoms. The minimum absolute atomic E-state index is 0.408. The normalized spacial score (nSPS) is 14.1. The van der Waals surface area contributed by atoms with Crippen molar-refractivity contribution in [2.45, 2.75) is 12.3 Å². The van der Waals surface area contributed by atoms with Crippen molar-refractivity contribution in [2.24, 2.45) is 0 Å². The Bertz CT molecular complexity index is 372. The monoisotopic (exact) mass is 210 g/mol. The van der Waals surface area contributed by atoms with Gasteiger partial charge in [0.05, 0.1) is 7.11 Å². The second-order valence-corrected chi connectivity index (χ2v) is 3.32. The molecular formula is C11H11FO3. The standard InChI is InChI=1S/C11H11FO3/c1-11(7-13,10(14)15-2)8-3-5-9(12)6-4-8/h3-7H,1-2H3. The van der Waals surface area contributed by atoms with Crippen LogP contribution < -0.4 is 0 Å². The molecule has 3 nitrogen and oxygen atoms in total. The van der Waals surface area contributed by atoms with Crippen LogP contribution in [-0.2, 0) is 19.7 Å². The van der Waals surface area contributed by atoms with E-state index in [4.69, 9.17) is 0 Å². The Kier molecular flexibility index (Phi) is 3.19. The number of aldehydes is 1. The molecule has 0 amide bonds. The highest BCUT2D eigenvalue weighted by Crippen LogP contribution is 2.23. The molecule has 0 spiro atoms. The van der Waals surface area contributed by atoms with Crippen molar-refractivity contribution in [3.05, 3.63) is 35.6 Å². The lowest BCUT2D eigenvalue weighted by atomic mass is 9.84. The number of halogens is 1. The molecule has 0 N–H and O–H groups in total. The van der Waals surface area contributed by atoms with E-state index in [9.17, 15) is 14.0 Å². The van der Waals surface area contributed by atoms with Gasteiger partial charge in [0.25, 0.3) is 0 Å². The Morgan fingerprint density at radius 1 is 1.40 bits per heavy atom. The van der Waals surface area contributed by atoms with E-state index in [1.165, 1.54) is 38.3 Å². The molecule has 0 radical (unpaired) electrons. The van der Waals surface area contributed by atoms with E-state index in [0.717, 1.165) is 0 Å². The number of hydrogen-bond acceptors (Lipinski definition) is 3. The van der Waals surface area contributed by atoms with Crippen molar-refractivity contribution in [3.8, 4) is 0 Å². The fraction of sp³-hybridized carbons (Fsp3) is 0.273. The Balaban J connectivity index is 3.17. The van der Waals surface area contributed by atoms with Crippen LogP contribution in [0.5, 0.6) is 0 Å². The van der Waals surface area contributed by atoms with Gasteiger partial charge < -0.3 is 9.53 Å². The van der Waals surface area contributed by atoms with Gasteiger partial charge in [-0.1, -0.05) is 12.1 Å². The van der Waals surface area contributed by atoms with Crippen molar-refractivity contribution in [1.29, 1.82) is 0 Å².